The summed E-state index contributed by atoms with van der Waals surface area (Å²) in [6.45, 7) is 8.51. The number of pyridine rings is 1. The van der Waals surface area contributed by atoms with E-state index < -0.39 is 23.3 Å². The van der Waals surface area contributed by atoms with Gasteiger partial charge in [0.25, 0.3) is 0 Å². The van der Waals surface area contributed by atoms with E-state index in [9.17, 15) is 19.8 Å². The lowest BCUT2D eigenvalue weighted by atomic mass is 9.72. The topological polar surface area (TPSA) is 163 Å². The molecule has 2 unspecified atom stereocenters. The molecule has 1 aliphatic heterocycles. The molecule has 2 aliphatic rings. The van der Waals surface area contributed by atoms with Gasteiger partial charge in [-0.15, -0.1) is 0 Å². The average molecular weight is 710 g/mol. The normalized spacial score (nSPS) is 20.2. The number of aromatic nitrogens is 4. The van der Waals surface area contributed by atoms with E-state index in [0.717, 1.165) is 47.7 Å². The molecule has 0 bridgehead atoms. The van der Waals surface area contributed by atoms with Crippen molar-refractivity contribution in [3.05, 3.63) is 83.3 Å². The van der Waals surface area contributed by atoms with E-state index in [0.29, 0.717) is 42.8 Å². The van der Waals surface area contributed by atoms with Gasteiger partial charge >= 0.3 is 0 Å². The molecule has 6 rings (SSSR count). The minimum absolute atomic E-state index is 0.0344. The maximum atomic E-state index is 13.3. The van der Waals surface area contributed by atoms with Gasteiger partial charge in [-0.1, -0.05) is 38.1 Å². The lowest BCUT2D eigenvalue weighted by molar-refractivity contribution is -0.145. The first-order chi connectivity index (χ1) is 25.0. The van der Waals surface area contributed by atoms with Crippen LogP contribution in [0.5, 0.6) is 11.5 Å². The van der Waals surface area contributed by atoms with Gasteiger partial charge in [-0.2, -0.15) is 9.97 Å². The van der Waals surface area contributed by atoms with Crippen molar-refractivity contribution >= 4 is 23.3 Å². The maximum absolute atomic E-state index is 13.3. The zero-order valence-corrected chi connectivity index (χ0v) is 30.4. The van der Waals surface area contributed by atoms with Crippen LogP contribution in [0.1, 0.15) is 49.2 Å². The van der Waals surface area contributed by atoms with E-state index in [1.807, 2.05) is 54.6 Å². The summed E-state index contributed by atoms with van der Waals surface area (Å²) in [4.78, 5) is 50.2. The maximum Gasteiger partial charge on any atom is 0.229 e. The molecule has 0 radical (unpaired) electrons. The van der Waals surface area contributed by atoms with E-state index >= 15 is 0 Å². The van der Waals surface area contributed by atoms with Crippen LogP contribution in [0.3, 0.4) is 0 Å². The van der Waals surface area contributed by atoms with Crippen molar-refractivity contribution < 1.29 is 29.3 Å². The first-order valence-electron chi connectivity index (χ1n) is 17.5. The molecule has 3 N–H and O–H groups in total. The number of anilines is 2. The smallest absolute Gasteiger partial charge is 0.229 e. The Labute approximate surface area is 304 Å². The zero-order valence-electron chi connectivity index (χ0n) is 30.4. The minimum Gasteiger partial charge on any atom is -0.497 e. The molecular formula is C39H47N7O6. The van der Waals surface area contributed by atoms with Gasteiger partial charge in [-0.25, -0.2) is 9.97 Å². The van der Waals surface area contributed by atoms with E-state index in [1.54, 1.807) is 41.2 Å². The van der Waals surface area contributed by atoms with E-state index in [-0.39, 0.29) is 30.5 Å². The number of hydrogen-bond acceptors (Lipinski definition) is 13. The molecule has 1 aliphatic carbocycles. The van der Waals surface area contributed by atoms with Crippen LogP contribution < -0.4 is 19.7 Å². The van der Waals surface area contributed by atoms with Gasteiger partial charge in [0, 0.05) is 50.8 Å². The van der Waals surface area contributed by atoms with Crippen LogP contribution in [-0.4, -0.2) is 92.7 Å². The second-order valence-corrected chi connectivity index (χ2v) is 14.4. The van der Waals surface area contributed by atoms with Gasteiger partial charge in [-0.3, -0.25) is 14.5 Å². The number of hydrogen-bond donors (Lipinski definition) is 3. The summed E-state index contributed by atoms with van der Waals surface area (Å²) < 4.78 is 10.7. The number of methoxy groups -OCH3 is 2. The molecular weight excluding hydrogens is 662 g/mol. The van der Waals surface area contributed by atoms with Gasteiger partial charge in [0.1, 0.15) is 35.3 Å². The SMILES string of the molecule is COc1ccc(CN(Cc2ccc(OC)cc2)c2nc(C)nc(-c3cc(CN4CCC(CO)C4)cnc3NC3C(=O)CC(C)(C)[C@@H](O)C3=O)n2)cc1. The Hall–Kier alpha value is -4.98. The summed E-state index contributed by atoms with van der Waals surface area (Å²) in [6, 6.07) is 16.3. The Morgan fingerprint density at radius 3 is 2.15 bits per heavy atom. The average Bonchev–Trinajstić information content (AvgIpc) is 3.60. The van der Waals surface area contributed by atoms with Crippen LogP contribution in [0.4, 0.5) is 11.8 Å². The molecule has 13 nitrogen and oxygen atoms in total. The Kier molecular flexibility index (Phi) is 11.1. The predicted molar refractivity (Wildman–Crippen MR) is 196 cm³/mol. The fraction of sp³-hybridized carbons (Fsp3) is 0.436. The van der Waals surface area contributed by atoms with E-state index in [4.69, 9.17) is 29.4 Å². The lowest BCUT2D eigenvalue weighted by Crippen LogP contribution is -2.55. The lowest BCUT2D eigenvalue weighted by Gasteiger charge is -2.37. The highest BCUT2D eigenvalue weighted by Gasteiger charge is 2.47. The Morgan fingerprint density at radius 1 is 0.942 bits per heavy atom. The molecule has 2 aromatic carbocycles. The number of aliphatic hydroxyl groups is 2. The molecule has 1 saturated carbocycles. The molecule has 52 heavy (non-hydrogen) atoms. The summed E-state index contributed by atoms with van der Waals surface area (Å²) in [7, 11) is 3.26. The molecule has 13 heteroatoms. The van der Waals surface area contributed by atoms with Crippen molar-refractivity contribution in [3.63, 3.8) is 0 Å². The molecule has 0 spiro atoms. The second-order valence-electron chi connectivity index (χ2n) is 14.4. The first-order valence-corrected chi connectivity index (χ1v) is 17.5. The van der Waals surface area contributed by atoms with Gasteiger partial charge in [0.2, 0.25) is 5.95 Å². The van der Waals surface area contributed by atoms with Crippen molar-refractivity contribution in [1.29, 1.82) is 0 Å². The number of nitrogens with zero attached hydrogens (tertiary/aromatic N) is 6. The molecule has 1 saturated heterocycles. The number of rotatable bonds is 13. The number of carbonyl (C=O) groups is 2. The Balaban J connectivity index is 1.40. The summed E-state index contributed by atoms with van der Waals surface area (Å²) in [5.74, 6) is 2.29. The van der Waals surface area contributed by atoms with Crippen LogP contribution in [-0.2, 0) is 29.2 Å². The van der Waals surface area contributed by atoms with Crippen LogP contribution in [0.2, 0.25) is 0 Å². The highest BCUT2D eigenvalue weighted by molar-refractivity contribution is 6.13. The number of Topliss-reactive ketones (excluding diaryl/α,β-unsaturated/α-hetero) is 2. The summed E-state index contributed by atoms with van der Waals surface area (Å²) in [6.07, 6.45) is 1.35. The highest BCUT2D eigenvalue weighted by atomic mass is 16.5. The number of aliphatic hydroxyl groups excluding tert-OH is 2. The molecule has 2 aromatic heterocycles. The van der Waals surface area contributed by atoms with Gasteiger partial charge in [0.05, 0.1) is 19.8 Å². The van der Waals surface area contributed by atoms with Gasteiger partial charge in [-0.05, 0) is 72.8 Å². The molecule has 3 atom stereocenters. The number of aryl methyl sites for hydroxylation is 1. The number of ketones is 2. The van der Waals surface area contributed by atoms with Crippen molar-refractivity contribution in [2.45, 2.75) is 65.4 Å². The van der Waals surface area contributed by atoms with Gasteiger partial charge in [0.15, 0.2) is 17.4 Å². The van der Waals surface area contributed by atoms with Crippen molar-refractivity contribution in [2.24, 2.45) is 11.3 Å². The van der Waals surface area contributed by atoms with Crippen LogP contribution in [0.15, 0.2) is 60.8 Å². The number of nitrogens with one attached hydrogen (secondary N) is 1. The second kappa shape index (κ2) is 15.7. The van der Waals surface area contributed by atoms with E-state index in [1.165, 1.54) is 0 Å². The van der Waals surface area contributed by atoms with Crippen LogP contribution in [0.25, 0.3) is 11.4 Å². The monoisotopic (exact) mass is 709 g/mol. The number of likely N-dealkylation sites (tertiary alicyclic amines) is 1. The zero-order chi connectivity index (χ0) is 37.0. The molecule has 4 aromatic rings. The van der Waals surface area contributed by atoms with Crippen molar-refractivity contribution in [3.8, 4) is 22.9 Å². The standard InChI is InChI=1S/C39H47N7O6/c1-24-41-37(44-38(42-24)46(21-25-6-10-29(51-4)11-7-25)22-26-8-12-30(52-5)13-9-26)31-16-28(20-45-15-14-27(19-45)23-47)18-40-36(31)43-33-32(48)17-39(2,3)35(50)34(33)49/h6-13,16,18,27,33,35,47,50H,14-15,17,19-23H2,1-5H3,(H,40,43)/t27?,33?,35-/m0/s1. The Morgan fingerprint density at radius 2 is 1.58 bits per heavy atom. The number of benzene rings is 2. The molecule has 0 amide bonds. The highest BCUT2D eigenvalue weighted by Crippen LogP contribution is 2.35. The molecule has 274 valence electrons. The van der Waals surface area contributed by atoms with Crippen molar-refractivity contribution in [2.75, 3.05) is 44.1 Å². The van der Waals surface area contributed by atoms with Crippen LogP contribution in [0, 0.1) is 18.3 Å². The third-order valence-corrected chi connectivity index (χ3v) is 9.83. The third-order valence-electron chi connectivity index (χ3n) is 9.83. The Bertz CT molecular complexity index is 1840. The van der Waals surface area contributed by atoms with Crippen LogP contribution >= 0.6 is 0 Å². The predicted octanol–water partition coefficient (Wildman–Crippen LogP) is 3.99. The largest absolute Gasteiger partial charge is 0.497 e. The first kappa shape index (κ1) is 36.8. The fourth-order valence-electron chi connectivity index (χ4n) is 6.81. The third kappa shape index (κ3) is 8.38. The quantitative estimate of drug-likeness (QED) is 0.171. The fourth-order valence-corrected chi connectivity index (χ4v) is 6.81. The van der Waals surface area contributed by atoms with Crippen molar-refractivity contribution in [1.82, 2.24) is 24.8 Å². The summed E-state index contributed by atoms with van der Waals surface area (Å²) in [5, 5.41) is 23.6. The number of ether oxygens (including phenoxy) is 2. The van der Waals surface area contributed by atoms with Gasteiger partial charge < -0.3 is 29.9 Å². The summed E-state index contributed by atoms with van der Waals surface area (Å²) in [5.41, 5.74) is 2.54. The van der Waals surface area contributed by atoms with E-state index in [2.05, 4.69) is 15.1 Å². The molecule has 3 heterocycles. The number of carbonyl (C=O) groups excluding carboxylic acids is 2. The molecule has 2 fully saturated rings. The summed E-state index contributed by atoms with van der Waals surface area (Å²) >= 11 is 0. The minimum atomic E-state index is -1.31.